The first-order chi connectivity index (χ1) is 10.3. The van der Waals surface area contributed by atoms with E-state index in [2.05, 4.69) is 91.0 Å². The minimum Gasteiger partial charge on any atom is -0.491 e. The molecular formula is C19H25BrOSi. The van der Waals surface area contributed by atoms with Crippen LogP contribution in [0, 0.1) is 0 Å². The number of halogens is 1. The molecular weight excluding hydrogens is 352 g/mol. The summed E-state index contributed by atoms with van der Waals surface area (Å²) in [7, 11) is -0.979. The minimum atomic E-state index is -0.979. The zero-order valence-electron chi connectivity index (χ0n) is 13.9. The van der Waals surface area contributed by atoms with Crippen LogP contribution >= 0.6 is 15.9 Å². The van der Waals surface area contributed by atoms with Crippen LogP contribution in [0.1, 0.15) is 13.3 Å². The van der Waals surface area contributed by atoms with E-state index in [0.29, 0.717) is 0 Å². The first kappa shape index (κ1) is 17.3. The smallest absolute Gasteiger partial charge is 0.119 e. The Morgan fingerprint density at radius 2 is 1.41 bits per heavy atom. The van der Waals surface area contributed by atoms with Crippen molar-refractivity contribution in [3.05, 3.63) is 53.0 Å². The maximum absolute atomic E-state index is 6.03. The summed E-state index contributed by atoms with van der Waals surface area (Å²) in [6, 6.07) is 18.1. The van der Waals surface area contributed by atoms with Crippen molar-refractivity contribution in [2.24, 2.45) is 0 Å². The Kier molecular flexibility index (Phi) is 5.87. The fourth-order valence-electron chi connectivity index (χ4n) is 2.30. The van der Waals surface area contributed by atoms with Crippen LogP contribution < -0.4 is 4.74 Å². The molecule has 1 nitrogen and oxygen atoms in total. The third-order valence-corrected chi connectivity index (χ3v) is 5.99. The van der Waals surface area contributed by atoms with E-state index < -0.39 is 8.07 Å². The van der Waals surface area contributed by atoms with Crippen molar-refractivity contribution < 1.29 is 4.74 Å². The van der Waals surface area contributed by atoms with E-state index >= 15 is 0 Å². The maximum Gasteiger partial charge on any atom is 0.119 e. The highest BCUT2D eigenvalue weighted by Gasteiger charge is 2.15. The zero-order chi connectivity index (χ0) is 16.2. The van der Waals surface area contributed by atoms with Gasteiger partial charge in [-0.15, -0.1) is 0 Å². The van der Waals surface area contributed by atoms with E-state index in [1.807, 2.05) is 0 Å². The van der Waals surface area contributed by atoms with Crippen LogP contribution in [-0.4, -0.2) is 14.2 Å². The highest BCUT2D eigenvalue weighted by atomic mass is 79.9. The van der Waals surface area contributed by atoms with Gasteiger partial charge in [0.1, 0.15) is 5.75 Å². The normalized spacial score (nSPS) is 13.0. The van der Waals surface area contributed by atoms with Gasteiger partial charge in [-0.3, -0.25) is 0 Å². The van der Waals surface area contributed by atoms with Gasteiger partial charge in [-0.05, 0) is 48.7 Å². The van der Waals surface area contributed by atoms with E-state index in [9.17, 15) is 0 Å². The highest BCUT2D eigenvalue weighted by Crippen LogP contribution is 2.25. The summed E-state index contributed by atoms with van der Waals surface area (Å²) in [6.45, 7) is 9.40. The lowest BCUT2D eigenvalue weighted by molar-refractivity contribution is 0.217. The summed E-state index contributed by atoms with van der Waals surface area (Å²) in [5.41, 5.74) is 2.44. The van der Waals surface area contributed by atoms with Crippen molar-refractivity contribution in [3.8, 4) is 16.9 Å². The molecule has 0 amide bonds. The monoisotopic (exact) mass is 376 g/mol. The third-order valence-electron chi connectivity index (χ3n) is 3.67. The van der Waals surface area contributed by atoms with Gasteiger partial charge in [0, 0.05) is 12.5 Å². The molecule has 22 heavy (non-hydrogen) atoms. The molecule has 1 atom stereocenters. The highest BCUT2D eigenvalue weighted by molar-refractivity contribution is 9.10. The molecule has 0 aliphatic rings. The van der Waals surface area contributed by atoms with E-state index in [4.69, 9.17) is 4.74 Å². The lowest BCUT2D eigenvalue weighted by Crippen LogP contribution is -2.23. The third kappa shape index (κ3) is 5.62. The number of hydrogen-bond donors (Lipinski definition) is 0. The summed E-state index contributed by atoms with van der Waals surface area (Å²) in [5, 5.41) is 0. The summed E-state index contributed by atoms with van der Waals surface area (Å²) in [5.74, 6) is 0.962. The van der Waals surface area contributed by atoms with Gasteiger partial charge in [0.2, 0.25) is 0 Å². The quantitative estimate of drug-likeness (QED) is 0.515. The van der Waals surface area contributed by atoms with Crippen LogP contribution in [0.25, 0.3) is 11.1 Å². The molecule has 2 aromatic carbocycles. The van der Waals surface area contributed by atoms with Gasteiger partial charge >= 0.3 is 0 Å². The Morgan fingerprint density at radius 3 is 1.91 bits per heavy atom. The number of hydrogen-bond acceptors (Lipinski definition) is 1. The van der Waals surface area contributed by atoms with Gasteiger partial charge in [0.05, 0.1) is 6.10 Å². The Bertz CT molecular complexity index is 584. The lowest BCUT2D eigenvalue weighted by atomic mass is 10.1. The maximum atomic E-state index is 6.03. The van der Waals surface area contributed by atoms with Gasteiger partial charge in [-0.25, -0.2) is 0 Å². The standard InChI is InChI=1S/C19H25BrOSi/c1-15(13-14-22(2,3)4)21-19-11-7-17(8-12-19)16-5-9-18(20)10-6-16/h5-12,15H,13-14H2,1-4H3. The second kappa shape index (κ2) is 7.47. The van der Waals surface area contributed by atoms with Crippen LogP contribution in [-0.2, 0) is 0 Å². The minimum absolute atomic E-state index is 0.283. The Balaban J connectivity index is 1.95. The van der Waals surface area contributed by atoms with E-state index in [-0.39, 0.29) is 6.10 Å². The average Bonchev–Trinajstić information content (AvgIpc) is 2.46. The van der Waals surface area contributed by atoms with Gasteiger partial charge in [0.15, 0.2) is 0 Å². The summed E-state index contributed by atoms with van der Waals surface area (Å²) in [6.07, 6.45) is 1.43. The molecule has 0 aliphatic carbocycles. The Morgan fingerprint density at radius 1 is 0.909 bits per heavy atom. The fraction of sp³-hybridized carbons (Fsp3) is 0.368. The molecule has 0 saturated carbocycles. The molecule has 0 fully saturated rings. The summed E-state index contributed by atoms with van der Waals surface area (Å²) in [4.78, 5) is 0. The number of benzene rings is 2. The van der Waals surface area contributed by atoms with Crippen LogP contribution in [0.2, 0.25) is 25.7 Å². The van der Waals surface area contributed by atoms with Crippen LogP contribution in [0.3, 0.4) is 0 Å². The van der Waals surface area contributed by atoms with Crippen LogP contribution in [0.4, 0.5) is 0 Å². The van der Waals surface area contributed by atoms with Gasteiger partial charge in [-0.2, -0.15) is 0 Å². The van der Waals surface area contributed by atoms with Crippen molar-refractivity contribution in [1.29, 1.82) is 0 Å². The largest absolute Gasteiger partial charge is 0.491 e. The van der Waals surface area contributed by atoms with Crippen molar-refractivity contribution in [2.45, 2.75) is 45.1 Å². The van der Waals surface area contributed by atoms with E-state index in [1.54, 1.807) is 0 Å². The van der Waals surface area contributed by atoms with Crippen molar-refractivity contribution in [3.63, 3.8) is 0 Å². The topological polar surface area (TPSA) is 9.23 Å². The molecule has 118 valence electrons. The second-order valence-electron chi connectivity index (χ2n) is 7.06. The van der Waals surface area contributed by atoms with Crippen molar-refractivity contribution in [2.75, 3.05) is 0 Å². The molecule has 1 unspecified atom stereocenters. The molecule has 0 aromatic heterocycles. The fourth-order valence-corrected chi connectivity index (χ4v) is 3.83. The van der Waals surface area contributed by atoms with Crippen molar-refractivity contribution in [1.82, 2.24) is 0 Å². The van der Waals surface area contributed by atoms with Gasteiger partial charge in [-0.1, -0.05) is 65.9 Å². The molecule has 0 heterocycles. The molecule has 0 saturated heterocycles. The molecule has 0 spiro atoms. The predicted octanol–water partition coefficient (Wildman–Crippen LogP) is 6.61. The summed E-state index contributed by atoms with van der Waals surface area (Å²) < 4.78 is 7.14. The average molecular weight is 377 g/mol. The second-order valence-corrected chi connectivity index (χ2v) is 13.6. The Labute approximate surface area is 143 Å². The zero-order valence-corrected chi connectivity index (χ0v) is 16.5. The molecule has 0 N–H and O–H groups in total. The summed E-state index contributed by atoms with van der Waals surface area (Å²) >= 11 is 3.47. The lowest BCUT2D eigenvalue weighted by Gasteiger charge is -2.20. The van der Waals surface area contributed by atoms with E-state index in [0.717, 1.165) is 16.6 Å². The predicted molar refractivity (Wildman–Crippen MR) is 102 cm³/mol. The number of ether oxygens (including phenoxy) is 1. The van der Waals surface area contributed by atoms with Crippen molar-refractivity contribution >= 4 is 24.0 Å². The van der Waals surface area contributed by atoms with Gasteiger partial charge < -0.3 is 4.74 Å². The van der Waals surface area contributed by atoms with Gasteiger partial charge in [0.25, 0.3) is 0 Å². The first-order valence-electron chi connectivity index (χ1n) is 7.86. The molecule has 0 aliphatic heterocycles. The molecule has 2 aromatic rings. The molecule has 3 heteroatoms. The van der Waals surface area contributed by atoms with Crippen LogP contribution in [0.5, 0.6) is 5.75 Å². The first-order valence-corrected chi connectivity index (χ1v) is 12.4. The van der Waals surface area contributed by atoms with E-state index in [1.165, 1.54) is 17.2 Å². The number of rotatable bonds is 6. The molecule has 0 bridgehead atoms. The SMILES string of the molecule is CC(CC[Si](C)(C)C)Oc1ccc(-c2ccc(Br)cc2)cc1. The Hall–Kier alpha value is -1.06. The molecule has 2 rings (SSSR count). The molecule has 0 radical (unpaired) electrons. The van der Waals surface area contributed by atoms with Crippen LogP contribution in [0.15, 0.2) is 53.0 Å².